The van der Waals surface area contributed by atoms with Crippen molar-refractivity contribution in [2.45, 2.75) is 12.6 Å². The second-order valence-electron chi connectivity index (χ2n) is 7.50. The summed E-state index contributed by atoms with van der Waals surface area (Å²) in [6, 6.07) is 19.0. The summed E-state index contributed by atoms with van der Waals surface area (Å²) in [4.78, 5) is 15.2. The van der Waals surface area contributed by atoms with E-state index >= 15 is 0 Å². The highest BCUT2D eigenvalue weighted by Gasteiger charge is 2.42. The molecule has 160 valence electrons. The lowest BCUT2D eigenvalue weighted by Gasteiger charge is -2.27. The lowest BCUT2D eigenvalue weighted by atomic mass is 9.95. The molecule has 0 spiro atoms. The van der Waals surface area contributed by atoms with Crippen molar-refractivity contribution in [2.24, 2.45) is 0 Å². The Bertz CT molecular complexity index is 1350. The molecule has 0 radical (unpaired) electrons. The number of fused-ring (bicyclic) bond motifs is 1. The highest BCUT2D eigenvalue weighted by Crippen LogP contribution is 2.46. The number of aromatic nitrogens is 2. The number of amides is 1. The van der Waals surface area contributed by atoms with Gasteiger partial charge in [-0.2, -0.15) is 5.10 Å². The number of phenols is 1. The molecule has 8 heteroatoms. The highest BCUT2D eigenvalue weighted by atomic mass is 35.5. The van der Waals surface area contributed by atoms with E-state index in [4.69, 9.17) is 34.8 Å². The van der Waals surface area contributed by atoms with Crippen LogP contribution < -0.4 is 0 Å². The van der Waals surface area contributed by atoms with Gasteiger partial charge in [0.15, 0.2) is 0 Å². The molecular formula is C24H16Cl3N3O2. The van der Waals surface area contributed by atoms with Gasteiger partial charge < -0.3 is 10.0 Å². The van der Waals surface area contributed by atoms with Crippen molar-refractivity contribution in [3.8, 4) is 17.0 Å². The second-order valence-corrected chi connectivity index (χ2v) is 8.78. The minimum absolute atomic E-state index is 0.0190. The number of phenolic OH excluding ortho intramolecular Hbond substituents is 1. The number of aromatic amines is 1. The van der Waals surface area contributed by atoms with Gasteiger partial charge >= 0.3 is 0 Å². The molecule has 32 heavy (non-hydrogen) atoms. The number of nitrogens with zero attached hydrogens (tertiary/aromatic N) is 2. The fourth-order valence-corrected chi connectivity index (χ4v) is 4.66. The van der Waals surface area contributed by atoms with E-state index in [1.54, 1.807) is 29.2 Å². The number of H-pyrrole nitrogens is 1. The summed E-state index contributed by atoms with van der Waals surface area (Å²) in [6.07, 6.45) is 0. The van der Waals surface area contributed by atoms with E-state index in [1.165, 1.54) is 6.07 Å². The van der Waals surface area contributed by atoms with Gasteiger partial charge in [0.05, 0.1) is 6.04 Å². The summed E-state index contributed by atoms with van der Waals surface area (Å²) in [5.74, 6) is -0.198. The van der Waals surface area contributed by atoms with Crippen LogP contribution in [0.15, 0.2) is 66.7 Å². The van der Waals surface area contributed by atoms with Crippen molar-refractivity contribution >= 4 is 40.7 Å². The van der Waals surface area contributed by atoms with Crippen LogP contribution in [0.2, 0.25) is 15.1 Å². The van der Waals surface area contributed by atoms with Crippen molar-refractivity contribution in [3.63, 3.8) is 0 Å². The van der Waals surface area contributed by atoms with Crippen LogP contribution in [-0.2, 0) is 6.54 Å². The van der Waals surface area contributed by atoms with Gasteiger partial charge in [-0.1, -0.05) is 65.1 Å². The van der Waals surface area contributed by atoms with Crippen LogP contribution in [0.1, 0.15) is 33.2 Å². The van der Waals surface area contributed by atoms with Gasteiger partial charge in [0.1, 0.15) is 17.1 Å². The Balaban J connectivity index is 1.69. The van der Waals surface area contributed by atoms with Crippen molar-refractivity contribution < 1.29 is 9.90 Å². The predicted molar refractivity (Wildman–Crippen MR) is 125 cm³/mol. The number of hydrogen-bond donors (Lipinski definition) is 2. The molecule has 0 saturated carbocycles. The van der Waals surface area contributed by atoms with Crippen LogP contribution in [0.4, 0.5) is 0 Å². The van der Waals surface area contributed by atoms with Crippen molar-refractivity contribution in [1.29, 1.82) is 0 Å². The highest BCUT2D eigenvalue weighted by molar-refractivity contribution is 6.31. The molecule has 3 aromatic carbocycles. The number of rotatable bonds is 4. The Kier molecular flexibility index (Phi) is 5.33. The molecule has 2 N–H and O–H groups in total. The van der Waals surface area contributed by atoms with E-state index in [0.29, 0.717) is 44.1 Å². The average molecular weight is 485 g/mol. The Hall–Kier alpha value is -2.99. The number of hydrogen-bond acceptors (Lipinski definition) is 3. The first kappa shape index (κ1) is 20.9. The molecule has 0 bridgehead atoms. The van der Waals surface area contributed by atoms with Gasteiger partial charge in [-0.05, 0) is 47.5 Å². The molecule has 4 aromatic rings. The monoisotopic (exact) mass is 483 g/mol. The molecule has 0 saturated heterocycles. The fourth-order valence-electron chi connectivity index (χ4n) is 4.10. The first-order valence-electron chi connectivity index (χ1n) is 9.81. The summed E-state index contributed by atoms with van der Waals surface area (Å²) in [6.45, 7) is 0.291. The smallest absolute Gasteiger partial charge is 0.273 e. The van der Waals surface area contributed by atoms with E-state index in [-0.39, 0.29) is 11.7 Å². The summed E-state index contributed by atoms with van der Waals surface area (Å²) in [5.41, 5.74) is 3.55. The van der Waals surface area contributed by atoms with E-state index < -0.39 is 6.04 Å². The summed E-state index contributed by atoms with van der Waals surface area (Å²) in [5, 5.41) is 19.3. The molecule has 1 aliphatic heterocycles. The second kappa shape index (κ2) is 8.17. The fraction of sp³-hybridized carbons (Fsp3) is 0.0833. The van der Waals surface area contributed by atoms with Gasteiger partial charge in [-0.25, -0.2) is 0 Å². The SMILES string of the molecule is O=C1c2[nH]nc(-c3cc(Cl)ccc3O)c2C(c2cccc(Cl)c2)N1Cc1ccccc1Cl. The van der Waals surface area contributed by atoms with Gasteiger partial charge in [0.25, 0.3) is 5.91 Å². The molecule has 5 nitrogen and oxygen atoms in total. The lowest BCUT2D eigenvalue weighted by molar-refractivity contribution is 0.0730. The molecule has 1 unspecified atom stereocenters. The molecule has 0 fully saturated rings. The zero-order valence-electron chi connectivity index (χ0n) is 16.5. The maximum Gasteiger partial charge on any atom is 0.273 e. The Morgan fingerprint density at radius 2 is 1.75 bits per heavy atom. The standard InChI is InChI=1S/C24H16Cl3N3O2/c25-15-6-3-5-13(10-15)23-20-21(17-11-16(26)8-9-19(17)31)28-29-22(20)24(32)30(23)12-14-4-1-2-7-18(14)27/h1-11,23,31H,12H2,(H,28,29). The van der Waals surface area contributed by atoms with Crippen molar-refractivity contribution in [3.05, 3.63) is 104 Å². The Morgan fingerprint density at radius 1 is 0.969 bits per heavy atom. The number of carbonyl (C=O) groups is 1. The van der Waals surface area contributed by atoms with Crippen molar-refractivity contribution in [2.75, 3.05) is 0 Å². The molecule has 1 atom stereocenters. The molecule has 0 aliphatic carbocycles. The quantitative estimate of drug-likeness (QED) is 0.348. The molecule has 5 rings (SSSR count). The average Bonchev–Trinajstić information content (AvgIpc) is 3.31. The van der Waals surface area contributed by atoms with Gasteiger partial charge in [-0.3, -0.25) is 9.89 Å². The zero-order valence-corrected chi connectivity index (χ0v) is 18.8. The largest absolute Gasteiger partial charge is 0.507 e. The van der Waals surface area contributed by atoms with E-state index in [0.717, 1.165) is 11.1 Å². The maximum atomic E-state index is 13.5. The zero-order chi connectivity index (χ0) is 22.4. The van der Waals surface area contributed by atoms with Gasteiger partial charge in [0.2, 0.25) is 0 Å². The predicted octanol–water partition coefficient (Wildman–Crippen LogP) is 6.49. The number of benzene rings is 3. The van der Waals surface area contributed by atoms with E-state index in [9.17, 15) is 9.90 Å². The van der Waals surface area contributed by atoms with E-state index in [2.05, 4.69) is 10.2 Å². The summed E-state index contributed by atoms with van der Waals surface area (Å²) >= 11 is 18.9. The van der Waals surface area contributed by atoms with Crippen LogP contribution in [0, 0.1) is 0 Å². The third-order valence-electron chi connectivity index (χ3n) is 5.54. The number of carbonyl (C=O) groups excluding carboxylic acids is 1. The third kappa shape index (κ3) is 3.52. The van der Waals surface area contributed by atoms with E-state index in [1.807, 2.05) is 36.4 Å². The normalized spacial score (nSPS) is 15.3. The molecule has 1 amide bonds. The lowest BCUT2D eigenvalue weighted by Crippen LogP contribution is -2.29. The van der Waals surface area contributed by atoms with Crippen LogP contribution in [0.3, 0.4) is 0 Å². The first-order chi connectivity index (χ1) is 15.4. The van der Waals surface area contributed by atoms with Gasteiger partial charge in [0, 0.05) is 32.7 Å². The summed E-state index contributed by atoms with van der Waals surface area (Å²) in [7, 11) is 0. The van der Waals surface area contributed by atoms with Crippen LogP contribution in [0.25, 0.3) is 11.3 Å². The number of halogens is 3. The topological polar surface area (TPSA) is 69.2 Å². The minimum atomic E-state index is -0.486. The van der Waals surface area contributed by atoms with Crippen molar-refractivity contribution in [1.82, 2.24) is 15.1 Å². The number of nitrogens with one attached hydrogen (secondary N) is 1. The third-order valence-corrected chi connectivity index (χ3v) is 6.38. The molecule has 2 heterocycles. The van der Waals surface area contributed by atoms with Gasteiger partial charge in [-0.15, -0.1) is 0 Å². The first-order valence-corrected chi connectivity index (χ1v) is 10.9. The van der Waals surface area contributed by atoms with Crippen LogP contribution in [0.5, 0.6) is 5.75 Å². The van der Waals surface area contributed by atoms with Crippen LogP contribution >= 0.6 is 34.8 Å². The van der Waals surface area contributed by atoms with Crippen LogP contribution in [-0.4, -0.2) is 26.1 Å². The molecular weight excluding hydrogens is 469 g/mol. The molecule has 1 aromatic heterocycles. The number of aromatic hydroxyl groups is 1. The maximum absolute atomic E-state index is 13.5. The Labute approximate surface area is 199 Å². The Morgan fingerprint density at radius 3 is 2.53 bits per heavy atom. The molecule has 1 aliphatic rings. The minimum Gasteiger partial charge on any atom is -0.507 e. The summed E-state index contributed by atoms with van der Waals surface area (Å²) < 4.78 is 0.